The maximum Gasteiger partial charge on any atom is 0.326 e. The summed E-state index contributed by atoms with van der Waals surface area (Å²) in [5, 5.41) is 9.66. The van der Waals surface area contributed by atoms with Gasteiger partial charge in [0.05, 0.1) is 23.0 Å². The Morgan fingerprint density at radius 3 is 2.68 bits per heavy atom. The number of benzene rings is 1. The summed E-state index contributed by atoms with van der Waals surface area (Å²) in [6.07, 6.45) is 1.43. The normalized spacial score (nSPS) is 12.4. The minimum absolute atomic E-state index is 0.261. The number of aliphatic carboxylic acids is 1. The van der Waals surface area contributed by atoms with Gasteiger partial charge in [-0.15, -0.1) is 0 Å². The molecule has 0 radical (unpaired) electrons. The number of fused-ring (bicyclic) bond motifs is 1. The van der Waals surface area contributed by atoms with Crippen molar-refractivity contribution in [3.8, 4) is 5.75 Å². The first-order chi connectivity index (χ1) is 8.97. The third-order valence-electron chi connectivity index (χ3n) is 2.98. The van der Waals surface area contributed by atoms with Crippen LogP contribution in [0.3, 0.4) is 0 Å². The summed E-state index contributed by atoms with van der Waals surface area (Å²) in [7, 11) is 1.45. The highest BCUT2D eigenvalue weighted by molar-refractivity contribution is 6.35. The van der Waals surface area contributed by atoms with Crippen LogP contribution in [0.25, 0.3) is 10.9 Å². The smallest absolute Gasteiger partial charge is 0.326 e. The molecule has 1 aromatic carbocycles. The molecule has 1 heterocycles. The summed E-state index contributed by atoms with van der Waals surface area (Å²) < 4.78 is 6.66. The number of halogens is 1. The molecule has 1 aromatic heterocycles. The number of methoxy groups -OCH3 is 1. The van der Waals surface area contributed by atoms with Crippen molar-refractivity contribution in [2.75, 3.05) is 7.11 Å². The van der Waals surface area contributed by atoms with E-state index in [1.165, 1.54) is 30.9 Å². The third kappa shape index (κ3) is 2.17. The maximum atomic E-state index is 11.9. The SMILES string of the molecule is COc1ccc(Cl)c2c(=O)ccn(C(C)C(=O)O)c12. The van der Waals surface area contributed by atoms with Crippen LogP contribution in [0, 0.1) is 0 Å². The molecule has 0 aliphatic carbocycles. The van der Waals surface area contributed by atoms with E-state index in [4.69, 9.17) is 21.4 Å². The second kappa shape index (κ2) is 4.93. The Hall–Kier alpha value is -2.01. The van der Waals surface area contributed by atoms with E-state index in [9.17, 15) is 9.59 Å². The molecule has 1 N–H and O–H groups in total. The van der Waals surface area contributed by atoms with Gasteiger partial charge in [0.1, 0.15) is 11.8 Å². The fourth-order valence-corrected chi connectivity index (χ4v) is 2.20. The lowest BCUT2D eigenvalue weighted by Crippen LogP contribution is -2.19. The first kappa shape index (κ1) is 13.4. The van der Waals surface area contributed by atoms with Gasteiger partial charge in [0.15, 0.2) is 5.43 Å². The number of carboxylic acids is 1. The van der Waals surface area contributed by atoms with E-state index in [1.54, 1.807) is 12.1 Å². The van der Waals surface area contributed by atoms with Crippen LogP contribution < -0.4 is 10.2 Å². The Balaban J connectivity index is 2.94. The van der Waals surface area contributed by atoms with Crippen LogP contribution >= 0.6 is 11.6 Å². The van der Waals surface area contributed by atoms with Crippen LogP contribution in [0.4, 0.5) is 0 Å². The Kier molecular flexibility index (Phi) is 3.48. The van der Waals surface area contributed by atoms with Crippen molar-refractivity contribution in [2.24, 2.45) is 0 Å². The van der Waals surface area contributed by atoms with Crippen LogP contribution in [0.15, 0.2) is 29.2 Å². The zero-order valence-corrected chi connectivity index (χ0v) is 11.1. The Bertz CT molecular complexity index is 708. The van der Waals surface area contributed by atoms with Gasteiger partial charge in [0.25, 0.3) is 0 Å². The first-order valence-electron chi connectivity index (χ1n) is 5.57. The summed E-state index contributed by atoms with van der Waals surface area (Å²) in [5.74, 6) is -0.600. The molecule has 2 aromatic rings. The van der Waals surface area contributed by atoms with Crippen molar-refractivity contribution in [2.45, 2.75) is 13.0 Å². The van der Waals surface area contributed by atoms with Crippen LogP contribution in [0.1, 0.15) is 13.0 Å². The molecule has 6 heteroatoms. The summed E-state index contributed by atoms with van der Waals surface area (Å²) in [4.78, 5) is 23.1. The molecular weight excluding hydrogens is 270 g/mol. The molecule has 0 fully saturated rings. The molecule has 1 atom stereocenters. The molecule has 0 aliphatic rings. The van der Waals surface area contributed by atoms with Gasteiger partial charge in [0.2, 0.25) is 0 Å². The molecule has 100 valence electrons. The van der Waals surface area contributed by atoms with Crippen molar-refractivity contribution in [3.63, 3.8) is 0 Å². The fourth-order valence-electron chi connectivity index (χ4n) is 1.95. The van der Waals surface area contributed by atoms with Gasteiger partial charge >= 0.3 is 5.97 Å². The largest absolute Gasteiger partial charge is 0.495 e. The number of nitrogens with zero attached hydrogens (tertiary/aromatic N) is 1. The number of ether oxygens (including phenoxy) is 1. The van der Waals surface area contributed by atoms with E-state index in [2.05, 4.69) is 0 Å². The molecule has 0 amide bonds. The number of aromatic nitrogens is 1. The van der Waals surface area contributed by atoms with E-state index >= 15 is 0 Å². The zero-order chi connectivity index (χ0) is 14.2. The zero-order valence-electron chi connectivity index (χ0n) is 10.4. The van der Waals surface area contributed by atoms with E-state index < -0.39 is 12.0 Å². The maximum absolute atomic E-state index is 11.9. The van der Waals surface area contributed by atoms with Gasteiger partial charge < -0.3 is 14.4 Å². The van der Waals surface area contributed by atoms with Gasteiger partial charge in [-0.3, -0.25) is 4.79 Å². The number of carboxylic acid groups (broad SMARTS) is 1. The number of hydrogen-bond acceptors (Lipinski definition) is 3. The van der Waals surface area contributed by atoms with E-state index in [1.807, 2.05) is 0 Å². The predicted octanol–water partition coefficient (Wildman–Crippen LogP) is 2.31. The quantitative estimate of drug-likeness (QED) is 0.937. The fraction of sp³-hybridized carbons (Fsp3) is 0.231. The highest BCUT2D eigenvalue weighted by Gasteiger charge is 2.19. The van der Waals surface area contributed by atoms with Gasteiger partial charge in [-0.2, -0.15) is 0 Å². The third-order valence-corrected chi connectivity index (χ3v) is 3.29. The number of carbonyl (C=O) groups is 1. The van der Waals surface area contributed by atoms with E-state index in [-0.39, 0.29) is 15.8 Å². The lowest BCUT2D eigenvalue weighted by atomic mass is 10.1. The number of pyridine rings is 1. The van der Waals surface area contributed by atoms with Gasteiger partial charge in [-0.1, -0.05) is 11.6 Å². The summed E-state index contributed by atoms with van der Waals surface area (Å²) in [5.41, 5.74) is 0.116. The molecule has 0 spiro atoms. The number of hydrogen-bond donors (Lipinski definition) is 1. The second-order valence-corrected chi connectivity index (χ2v) is 4.48. The van der Waals surface area contributed by atoms with Crippen molar-refractivity contribution in [1.29, 1.82) is 0 Å². The molecule has 0 saturated heterocycles. The van der Waals surface area contributed by atoms with E-state index in [0.29, 0.717) is 11.3 Å². The van der Waals surface area contributed by atoms with Crippen molar-refractivity contribution in [1.82, 2.24) is 4.57 Å². The average molecular weight is 282 g/mol. The summed E-state index contributed by atoms with van der Waals surface area (Å²) in [6, 6.07) is 3.62. The molecule has 2 rings (SSSR count). The highest BCUT2D eigenvalue weighted by atomic mass is 35.5. The highest BCUT2D eigenvalue weighted by Crippen LogP contribution is 2.30. The van der Waals surface area contributed by atoms with E-state index in [0.717, 1.165) is 0 Å². The molecule has 5 nitrogen and oxygen atoms in total. The molecule has 0 saturated carbocycles. The van der Waals surface area contributed by atoms with Gasteiger partial charge in [0, 0.05) is 12.3 Å². The molecule has 0 aliphatic heterocycles. The average Bonchev–Trinajstić information content (AvgIpc) is 2.38. The van der Waals surface area contributed by atoms with Crippen molar-refractivity contribution in [3.05, 3.63) is 39.6 Å². The first-order valence-corrected chi connectivity index (χ1v) is 5.95. The van der Waals surface area contributed by atoms with Gasteiger partial charge in [-0.25, -0.2) is 4.79 Å². The minimum atomic E-state index is -1.01. The topological polar surface area (TPSA) is 68.5 Å². The van der Waals surface area contributed by atoms with Crippen LogP contribution in [-0.4, -0.2) is 22.8 Å². The van der Waals surface area contributed by atoms with Crippen LogP contribution in [0.2, 0.25) is 5.02 Å². The second-order valence-electron chi connectivity index (χ2n) is 4.07. The molecular formula is C13H12ClNO4. The Morgan fingerprint density at radius 1 is 1.42 bits per heavy atom. The Morgan fingerprint density at radius 2 is 2.11 bits per heavy atom. The lowest BCUT2D eigenvalue weighted by Gasteiger charge is -2.17. The number of rotatable bonds is 3. The van der Waals surface area contributed by atoms with Crippen LogP contribution in [0.5, 0.6) is 5.75 Å². The monoisotopic (exact) mass is 281 g/mol. The Labute approximate surface area is 114 Å². The van der Waals surface area contributed by atoms with Crippen LogP contribution in [-0.2, 0) is 4.79 Å². The summed E-state index contributed by atoms with van der Waals surface area (Å²) >= 11 is 6.03. The lowest BCUT2D eigenvalue weighted by molar-refractivity contribution is -0.140. The van der Waals surface area contributed by atoms with Crippen molar-refractivity contribution < 1.29 is 14.6 Å². The summed E-state index contributed by atoms with van der Waals surface area (Å²) in [6.45, 7) is 1.52. The van der Waals surface area contributed by atoms with Gasteiger partial charge in [-0.05, 0) is 19.1 Å². The predicted molar refractivity (Wildman–Crippen MR) is 72.1 cm³/mol. The molecule has 1 unspecified atom stereocenters. The van der Waals surface area contributed by atoms with Crippen molar-refractivity contribution >= 4 is 28.5 Å². The molecule has 19 heavy (non-hydrogen) atoms. The minimum Gasteiger partial charge on any atom is -0.495 e. The standard InChI is InChI=1S/C13H12ClNO4/c1-7(13(17)18)15-6-5-9(16)11-8(14)3-4-10(19-2)12(11)15/h3-7H,1-2H3,(H,17,18). The molecule has 0 bridgehead atoms.